The van der Waals surface area contributed by atoms with Crippen LogP contribution in [0.2, 0.25) is 0 Å². The first-order valence-electron chi connectivity index (χ1n) is 7.29. The van der Waals surface area contributed by atoms with Gasteiger partial charge in [-0.2, -0.15) is 0 Å². The molecule has 27 heavy (non-hydrogen) atoms. The fourth-order valence-electron chi connectivity index (χ4n) is 1.99. The Bertz CT molecular complexity index is 942. The van der Waals surface area contributed by atoms with E-state index in [1.54, 1.807) is 0 Å². The second kappa shape index (κ2) is 7.53. The van der Waals surface area contributed by atoms with Crippen LogP contribution in [0, 0.1) is 5.82 Å². The predicted octanol–water partition coefficient (Wildman–Crippen LogP) is 3.23. The van der Waals surface area contributed by atoms with E-state index in [1.807, 2.05) is 0 Å². The Morgan fingerprint density at radius 1 is 1.07 bits per heavy atom. The molecule has 2 rings (SSSR count). The summed E-state index contributed by atoms with van der Waals surface area (Å²) in [6, 6.07) is 6.91. The number of benzene rings is 2. The predicted molar refractivity (Wildman–Crippen MR) is 88.4 cm³/mol. The Labute approximate surface area is 152 Å². The van der Waals surface area contributed by atoms with Crippen LogP contribution in [0.3, 0.4) is 0 Å². The number of carbonyl (C=O) groups is 1. The highest BCUT2D eigenvalue weighted by Crippen LogP contribution is 2.24. The number of anilines is 1. The van der Waals surface area contributed by atoms with Crippen molar-refractivity contribution in [3.05, 3.63) is 53.8 Å². The van der Waals surface area contributed by atoms with Crippen LogP contribution in [0.15, 0.2) is 47.4 Å². The van der Waals surface area contributed by atoms with Gasteiger partial charge in [0.2, 0.25) is 10.0 Å². The summed E-state index contributed by atoms with van der Waals surface area (Å²) in [5.41, 5.74) is -0.469. The zero-order chi connectivity index (χ0) is 20.4. The molecule has 0 unspecified atom stereocenters. The second-order valence-corrected chi connectivity index (χ2v) is 7.61. The Balaban J connectivity index is 2.23. The SMILES string of the molecule is CN(C)S(=O)(=O)c1ccc(F)c(C(=O)Nc2ccc(OC(F)(F)F)cc2)c1. The number of nitrogens with zero attached hydrogens (tertiary/aromatic N) is 1. The lowest BCUT2D eigenvalue weighted by atomic mass is 10.2. The first-order valence-corrected chi connectivity index (χ1v) is 8.73. The summed E-state index contributed by atoms with van der Waals surface area (Å²) >= 11 is 0. The van der Waals surface area contributed by atoms with E-state index in [4.69, 9.17) is 0 Å². The number of sulfonamides is 1. The van der Waals surface area contributed by atoms with Crippen molar-refractivity contribution in [2.75, 3.05) is 19.4 Å². The quantitative estimate of drug-likeness (QED) is 0.774. The van der Waals surface area contributed by atoms with Gasteiger partial charge in [0.25, 0.3) is 5.91 Å². The van der Waals surface area contributed by atoms with Gasteiger partial charge in [-0.1, -0.05) is 0 Å². The van der Waals surface area contributed by atoms with E-state index in [2.05, 4.69) is 10.1 Å². The molecule has 0 atom stereocenters. The molecule has 0 bridgehead atoms. The first kappa shape index (κ1) is 20.6. The summed E-state index contributed by atoms with van der Waals surface area (Å²) in [4.78, 5) is 11.9. The van der Waals surface area contributed by atoms with Crippen molar-refractivity contribution in [3.8, 4) is 5.75 Å². The van der Waals surface area contributed by atoms with E-state index in [0.29, 0.717) is 0 Å². The summed E-state index contributed by atoms with van der Waals surface area (Å²) in [5.74, 6) is -2.42. The minimum Gasteiger partial charge on any atom is -0.406 e. The van der Waals surface area contributed by atoms with Crippen molar-refractivity contribution < 1.29 is 35.5 Å². The second-order valence-electron chi connectivity index (χ2n) is 5.46. The van der Waals surface area contributed by atoms with E-state index in [0.717, 1.165) is 46.8 Å². The van der Waals surface area contributed by atoms with Crippen LogP contribution in [0.5, 0.6) is 5.75 Å². The van der Waals surface area contributed by atoms with Crippen LogP contribution in [-0.4, -0.2) is 39.1 Å². The lowest BCUT2D eigenvalue weighted by molar-refractivity contribution is -0.274. The molecule has 146 valence electrons. The van der Waals surface area contributed by atoms with Gasteiger partial charge < -0.3 is 10.1 Å². The van der Waals surface area contributed by atoms with Crippen LogP contribution in [0.4, 0.5) is 23.2 Å². The molecule has 0 aliphatic rings. The van der Waals surface area contributed by atoms with Crippen LogP contribution in [0.25, 0.3) is 0 Å². The molecule has 0 saturated carbocycles. The number of amides is 1. The highest BCUT2D eigenvalue weighted by atomic mass is 32.2. The third-order valence-corrected chi connectivity index (χ3v) is 5.12. The number of ether oxygens (including phenoxy) is 1. The molecule has 0 fully saturated rings. The van der Waals surface area contributed by atoms with Gasteiger partial charge in [0.05, 0.1) is 10.5 Å². The average molecular weight is 406 g/mol. The summed E-state index contributed by atoms with van der Waals surface area (Å²) in [6.07, 6.45) is -4.85. The molecule has 2 aromatic rings. The van der Waals surface area contributed by atoms with Gasteiger partial charge in [-0.05, 0) is 42.5 Å². The van der Waals surface area contributed by atoms with Gasteiger partial charge in [0.1, 0.15) is 11.6 Å². The zero-order valence-electron chi connectivity index (χ0n) is 14.0. The van der Waals surface area contributed by atoms with Gasteiger partial charge in [0, 0.05) is 19.8 Å². The molecule has 0 spiro atoms. The number of rotatable bonds is 5. The smallest absolute Gasteiger partial charge is 0.406 e. The van der Waals surface area contributed by atoms with E-state index in [1.165, 1.54) is 14.1 Å². The standard InChI is InChI=1S/C16H14F4N2O4S/c1-22(2)27(24,25)12-7-8-14(17)13(9-12)15(23)21-10-3-5-11(6-4-10)26-16(18,19)20/h3-9H,1-2H3,(H,21,23). The largest absolute Gasteiger partial charge is 0.573 e. The molecular weight excluding hydrogens is 392 g/mol. The van der Waals surface area contributed by atoms with E-state index < -0.39 is 39.4 Å². The molecule has 0 radical (unpaired) electrons. The Hall–Kier alpha value is -2.66. The maximum atomic E-state index is 13.9. The Morgan fingerprint density at radius 2 is 1.67 bits per heavy atom. The molecule has 2 aromatic carbocycles. The first-order chi connectivity index (χ1) is 12.4. The van der Waals surface area contributed by atoms with Gasteiger partial charge in [-0.15, -0.1) is 13.2 Å². The van der Waals surface area contributed by atoms with Crippen molar-refractivity contribution in [2.24, 2.45) is 0 Å². The minimum atomic E-state index is -4.85. The van der Waals surface area contributed by atoms with E-state index >= 15 is 0 Å². The van der Waals surface area contributed by atoms with Gasteiger partial charge in [-0.25, -0.2) is 17.1 Å². The molecule has 1 N–H and O–H groups in total. The van der Waals surface area contributed by atoms with Gasteiger partial charge >= 0.3 is 6.36 Å². The Morgan fingerprint density at radius 3 is 2.19 bits per heavy atom. The number of alkyl halides is 3. The van der Waals surface area contributed by atoms with Crippen molar-refractivity contribution in [1.29, 1.82) is 0 Å². The van der Waals surface area contributed by atoms with E-state index in [-0.39, 0.29) is 10.6 Å². The maximum Gasteiger partial charge on any atom is 0.573 e. The van der Waals surface area contributed by atoms with Crippen molar-refractivity contribution in [2.45, 2.75) is 11.3 Å². The molecule has 6 nitrogen and oxygen atoms in total. The molecule has 0 aliphatic heterocycles. The maximum absolute atomic E-state index is 13.9. The summed E-state index contributed by atoms with van der Waals surface area (Å²) in [5, 5.41) is 2.27. The van der Waals surface area contributed by atoms with Crippen molar-refractivity contribution in [1.82, 2.24) is 4.31 Å². The van der Waals surface area contributed by atoms with Crippen LogP contribution in [-0.2, 0) is 10.0 Å². The van der Waals surface area contributed by atoms with Crippen LogP contribution < -0.4 is 10.1 Å². The number of carbonyl (C=O) groups excluding carboxylic acids is 1. The molecule has 11 heteroatoms. The van der Waals surface area contributed by atoms with E-state index in [9.17, 15) is 30.8 Å². The van der Waals surface area contributed by atoms with Gasteiger partial charge in [-0.3, -0.25) is 4.79 Å². The molecule has 1 amide bonds. The topological polar surface area (TPSA) is 75.7 Å². The molecular formula is C16H14F4N2O4S. The van der Waals surface area contributed by atoms with Crippen LogP contribution in [0.1, 0.15) is 10.4 Å². The summed E-state index contributed by atoms with van der Waals surface area (Å²) < 4.78 is 79.1. The normalized spacial score (nSPS) is 12.1. The number of halogens is 4. The summed E-state index contributed by atoms with van der Waals surface area (Å²) in [6.45, 7) is 0. The highest BCUT2D eigenvalue weighted by Gasteiger charge is 2.31. The number of hydrogen-bond acceptors (Lipinski definition) is 4. The highest BCUT2D eigenvalue weighted by molar-refractivity contribution is 7.89. The van der Waals surface area contributed by atoms with Crippen molar-refractivity contribution >= 4 is 21.6 Å². The average Bonchev–Trinajstić information content (AvgIpc) is 2.55. The van der Waals surface area contributed by atoms with Crippen LogP contribution >= 0.6 is 0 Å². The fraction of sp³-hybridized carbons (Fsp3) is 0.188. The molecule has 0 heterocycles. The zero-order valence-corrected chi connectivity index (χ0v) is 14.9. The third-order valence-electron chi connectivity index (χ3n) is 3.31. The van der Waals surface area contributed by atoms with Gasteiger partial charge in [0.15, 0.2) is 0 Å². The Kier molecular flexibility index (Phi) is 5.76. The summed E-state index contributed by atoms with van der Waals surface area (Å²) in [7, 11) is -1.32. The molecule has 0 aromatic heterocycles. The molecule has 0 aliphatic carbocycles. The number of nitrogens with one attached hydrogen (secondary N) is 1. The lowest BCUT2D eigenvalue weighted by Crippen LogP contribution is -2.23. The monoisotopic (exact) mass is 406 g/mol. The number of hydrogen-bond donors (Lipinski definition) is 1. The van der Waals surface area contributed by atoms with Crippen molar-refractivity contribution in [3.63, 3.8) is 0 Å². The third kappa shape index (κ3) is 5.17. The molecule has 0 saturated heterocycles. The lowest BCUT2D eigenvalue weighted by Gasteiger charge is -2.13. The fourth-order valence-corrected chi connectivity index (χ4v) is 2.92. The minimum absolute atomic E-state index is 0.0646.